The predicted octanol–water partition coefficient (Wildman–Crippen LogP) is 10.2. The number of nitrogens with zero attached hydrogens (tertiary/aromatic N) is 2. The number of thiazole rings is 1. The highest BCUT2D eigenvalue weighted by Gasteiger charge is 2.27. The molecule has 1 aromatic heterocycles. The van der Waals surface area contributed by atoms with Gasteiger partial charge in [-0.15, -0.1) is 0 Å². The van der Waals surface area contributed by atoms with Crippen LogP contribution in [0.1, 0.15) is 5.01 Å². The number of aromatic nitrogens is 1. The second-order valence-corrected chi connectivity index (χ2v) is 15.6. The molecule has 6 aromatic carbocycles. The molecule has 1 aliphatic heterocycles. The maximum Gasteiger partial charge on any atom is 0.294 e. The Labute approximate surface area is 336 Å². The average Bonchev–Trinajstić information content (AvgIpc) is 3.77. The van der Waals surface area contributed by atoms with Gasteiger partial charge in [-0.25, -0.2) is 0 Å². The summed E-state index contributed by atoms with van der Waals surface area (Å²) in [7, 11) is -4.29. The fourth-order valence-electron chi connectivity index (χ4n) is 6.61. The molecule has 57 heavy (non-hydrogen) atoms. The molecule has 0 aliphatic carbocycles. The zero-order valence-corrected chi connectivity index (χ0v) is 32.5. The zero-order valence-electron chi connectivity index (χ0n) is 30.8. The Hall–Kier alpha value is -6.46. The Morgan fingerprint density at radius 2 is 1.30 bits per heavy atom. The van der Waals surface area contributed by atoms with Crippen molar-refractivity contribution >= 4 is 43.4 Å². The maximum absolute atomic E-state index is 11.5. The van der Waals surface area contributed by atoms with Crippen molar-refractivity contribution in [1.82, 2.24) is 0 Å². The molecular weight excluding hydrogens is 753 g/mol. The van der Waals surface area contributed by atoms with Gasteiger partial charge in [0.2, 0.25) is 11.4 Å². The smallest absolute Gasteiger partial charge is 0.294 e. The summed E-state index contributed by atoms with van der Waals surface area (Å²) in [6.45, 7) is 1.95. The normalized spacial score (nSPS) is 13.4. The van der Waals surface area contributed by atoms with Gasteiger partial charge in [0.05, 0.1) is 17.1 Å². The van der Waals surface area contributed by atoms with E-state index >= 15 is 0 Å². The van der Waals surface area contributed by atoms with Gasteiger partial charge in [0.25, 0.3) is 15.1 Å². The van der Waals surface area contributed by atoms with E-state index in [-0.39, 0.29) is 11.5 Å². The number of benzene rings is 6. The van der Waals surface area contributed by atoms with Crippen LogP contribution in [0.3, 0.4) is 0 Å². The van der Waals surface area contributed by atoms with Crippen LogP contribution in [0.15, 0.2) is 187 Å². The predicted molar refractivity (Wildman–Crippen MR) is 227 cm³/mol. The number of hydrogen-bond acceptors (Lipinski definition) is 7. The number of hydrogen-bond donors (Lipinski definition) is 1. The van der Waals surface area contributed by atoms with Gasteiger partial charge in [0.15, 0.2) is 12.3 Å². The first-order chi connectivity index (χ1) is 27.9. The van der Waals surface area contributed by atoms with Crippen molar-refractivity contribution < 1.29 is 31.7 Å². The molecule has 10 heteroatoms. The minimum absolute atomic E-state index is 0.187. The molecule has 284 valence electrons. The van der Waals surface area contributed by atoms with Crippen molar-refractivity contribution in [3.8, 4) is 39.5 Å². The zero-order chi connectivity index (χ0) is 39.0. The van der Waals surface area contributed by atoms with Gasteiger partial charge >= 0.3 is 0 Å². The molecule has 0 atom stereocenters. The third kappa shape index (κ3) is 9.00. The molecule has 2 heterocycles. The molecule has 0 bridgehead atoms. The minimum Gasteiger partial charge on any atom is -0.492 e. The lowest BCUT2D eigenvalue weighted by atomic mass is 10.0. The van der Waals surface area contributed by atoms with Crippen LogP contribution in [0.5, 0.6) is 17.2 Å². The van der Waals surface area contributed by atoms with E-state index in [4.69, 9.17) is 14.2 Å². The van der Waals surface area contributed by atoms with E-state index in [1.807, 2.05) is 85.0 Å². The number of rotatable bonds is 14. The van der Waals surface area contributed by atoms with Gasteiger partial charge in [-0.3, -0.25) is 4.55 Å². The SMILES string of the molecule is O=S(=O)(O)c1ccc(OCCN2C(=CC=CC=Cc3sc4ccc(-c5ccccc5)cc4[n+]3CCOc3ccccc3)Oc3ccc(-c4ccccc4)cc32)cc1. The summed E-state index contributed by atoms with van der Waals surface area (Å²) in [5, 5.41) is 1.10. The summed E-state index contributed by atoms with van der Waals surface area (Å²) in [6.07, 6.45) is 10.0. The van der Waals surface area contributed by atoms with Crippen molar-refractivity contribution in [1.29, 1.82) is 0 Å². The van der Waals surface area contributed by atoms with Crippen LogP contribution in [0.4, 0.5) is 5.69 Å². The highest BCUT2D eigenvalue weighted by molar-refractivity contribution is 7.85. The van der Waals surface area contributed by atoms with Crippen LogP contribution in [0.25, 0.3) is 38.5 Å². The topological polar surface area (TPSA) is 89.2 Å². The molecule has 8 rings (SSSR count). The lowest BCUT2D eigenvalue weighted by Crippen LogP contribution is -2.38. The number of anilines is 1. The highest BCUT2D eigenvalue weighted by Crippen LogP contribution is 2.41. The largest absolute Gasteiger partial charge is 0.492 e. The summed E-state index contributed by atoms with van der Waals surface area (Å²) in [4.78, 5) is 1.88. The van der Waals surface area contributed by atoms with Crippen LogP contribution < -0.4 is 23.7 Å². The first kappa shape index (κ1) is 37.5. The third-order valence-corrected chi connectivity index (χ3v) is 11.4. The van der Waals surface area contributed by atoms with Gasteiger partial charge in [0.1, 0.15) is 29.4 Å². The van der Waals surface area contributed by atoms with Crippen molar-refractivity contribution in [3.63, 3.8) is 0 Å². The summed E-state index contributed by atoms with van der Waals surface area (Å²) in [5.74, 6) is 2.71. The van der Waals surface area contributed by atoms with Crippen LogP contribution in [0.2, 0.25) is 0 Å². The van der Waals surface area contributed by atoms with E-state index < -0.39 is 10.1 Å². The second-order valence-electron chi connectivity index (χ2n) is 13.1. The van der Waals surface area contributed by atoms with Crippen LogP contribution >= 0.6 is 11.3 Å². The molecule has 0 spiro atoms. The van der Waals surface area contributed by atoms with Crippen molar-refractivity contribution in [3.05, 3.63) is 187 Å². The monoisotopic (exact) mass is 791 g/mol. The summed E-state index contributed by atoms with van der Waals surface area (Å²) in [6, 6.07) is 48.9. The van der Waals surface area contributed by atoms with Gasteiger partial charge < -0.3 is 19.1 Å². The third-order valence-electron chi connectivity index (χ3n) is 9.41. The van der Waals surface area contributed by atoms with Gasteiger partial charge in [-0.1, -0.05) is 121 Å². The molecule has 0 amide bonds. The average molecular weight is 792 g/mol. The molecule has 0 fully saturated rings. The number of allylic oxidation sites excluding steroid dienone is 4. The fraction of sp³-hybridized carbons (Fsp3) is 0.0851. The Kier molecular flexibility index (Phi) is 11.3. The Bertz CT molecular complexity index is 2680. The molecule has 7 aromatic rings. The van der Waals surface area contributed by atoms with Crippen LogP contribution in [0, 0.1) is 0 Å². The molecule has 8 nitrogen and oxygen atoms in total. The van der Waals surface area contributed by atoms with E-state index in [1.54, 1.807) is 11.3 Å². The van der Waals surface area contributed by atoms with Crippen LogP contribution in [-0.2, 0) is 16.7 Å². The summed E-state index contributed by atoms with van der Waals surface area (Å²) in [5.41, 5.74) is 6.57. The van der Waals surface area contributed by atoms with E-state index in [2.05, 4.69) is 82.3 Å². The van der Waals surface area contributed by atoms with E-state index in [0.717, 1.165) is 38.8 Å². The number of ether oxygens (including phenoxy) is 3. The molecule has 0 unspecified atom stereocenters. The Balaban J connectivity index is 1.03. The Morgan fingerprint density at radius 3 is 2.00 bits per heavy atom. The van der Waals surface area contributed by atoms with Gasteiger partial charge in [0, 0.05) is 12.1 Å². The molecule has 0 saturated carbocycles. The van der Waals surface area contributed by atoms with Gasteiger partial charge in [-0.05, 0) is 82.9 Å². The van der Waals surface area contributed by atoms with Crippen molar-refractivity contribution in [2.24, 2.45) is 0 Å². The van der Waals surface area contributed by atoms with Crippen molar-refractivity contribution in [2.45, 2.75) is 11.4 Å². The molecule has 0 radical (unpaired) electrons. The molecule has 1 N–H and O–H groups in total. The number of fused-ring (bicyclic) bond motifs is 2. The quantitative estimate of drug-likeness (QED) is 0.0667. The van der Waals surface area contributed by atoms with E-state index in [0.29, 0.717) is 31.3 Å². The first-order valence-electron chi connectivity index (χ1n) is 18.5. The molecular formula is C47H39N2O6S2+. The second kappa shape index (κ2) is 17.1. The summed E-state index contributed by atoms with van der Waals surface area (Å²) < 4.78 is 54.3. The molecule has 1 aliphatic rings. The lowest BCUT2D eigenvalue weighted by Gasteiger charge is -2.19. The lowest BCUT2D eigenvalue weighted by molar-refractivity contribution is -0.669. The summed E-state index contributed by atoms with van der Waals surface area (Å²) >= 11 is 1.74. The van der Waals surface area contributed by atoms with E-state index in [9.17, 15) is 13.0 Å². The Morgan fingerprint density at radius 1 is 0.667 bits per heavy atom. The number of para-hydroxylation sites is 1. The first-order valence-corrected chi connectivity index (χ1v) is 20.7. The maximum atomic E-state index is 11.5. The minimum atomic E-state index is -4.29. The fourth-order valence-corrected chi connectivity index (χ4v) is 8.17. The van der Waals surface area contributed by atoms with Crippen LogP contribution in [-0.4, -0.2) is 32.7 Å². The highest BCUT2D eigenvalue weighted by atomic mass is 32.2. The van der Waals surface area contributed by atoms with Gasteiger partial charge in [-0.2, -0.15) is 13.0 Å². The standard InChI is InChI=1S/C47H38N2O6S2/c50-57(51,52)41-25-23-40(24-26-41)54-31-29-48-42-33-37(35-13-5-1-6-14-35)21-27-44(42)55-46(48)19-11-4-12-20-47-49(30-32-53-39-17-9-3-10-18-39)43-34-38(22-28-45(43)56-47)36-15-7-2-8-16-36/h1-28,33-34H,29-32H2/p+1. The van der Waals surface area contributed by atoms with Crippen molar-refractivity contribution in [2.75, 3.05) is 24.7 Å². The van der Waals surface area contributed by atoms with E-state index in [1.165, 1.54) is 40.1 Å². The molecule has 0 saturated heterocycles.